The number of H-pyrrole nitrogens is 1. The summed E-state index contributed by atoms with van der Waals surface area (Å²) in [6, 6.07) is 9.71. The molecule has 160 valence electrons. The third-order valence-corrected chi connectivity index (χ3v) is 5.51. The summed E-state index contributed by atoms with van der Waals surface area (Å²) >= 11 is 0. The van der Waals surface area contributed by atoms with Crippen molar-refractivity contribution in [2.45, 2.75) is 51.1 Å². The minimum absolute atomic E-state index is 0.0524. The number of nitrogens with two attached hydrogens (primary N) is 3. The highest BCUT2D eigenvalue weighted by Gasteiger charge is 2.18. The van der Waals surface area contributed by atoms with Crippen molar-refractivity contribution < 1.29 is 0 Å². The van der Waals surface area contributed by atoms with E-state index >= 15 is 0 Å². The number of nitrogens with one attached hydrogen (secondary N) is 2. The quantitative estimate of drug-likeness (QED) is 0.206. The maximum Gasteiger partial charge on any atom is 0.261 e. The van der Waals surface area contributed by atoms with E-state index in [9.17, 15) is 4.79 Å². The Hall–Kier alpha value is -3.26. The first-order valence-electron chi connectivity index (χ1n) is 10.3. The highest BCUT2D eigenvalue weighted by atomic mass is 16.1. The van der Waals surface area contributed by atoms with Crippen LogP contribution in [0.5, 0.6) is 0 Å². The second-order valence-corrected chi connectivity index (χ2v) is 7.63. The number of hydrazine groups is 1. The first kappa shape index (κ1) is 21.4. The summed E-state index contributed by atoms with van der Waals surface area (Å²) < 4.78 is 0. The van der Waals surface area contributed by atoms with Gasteiger partial charge in [-0.25, -0.2) is 10.8 Å². The molecule has 0 radical (unpaired) electrons. The van der Waals surface area contributed by atoms with Gasteiger partial charge in [-0.05, 0) is 43.5 Å². The fourth-order valence-electron chi connectivity index (χ4n) is 3.74. The van der Waals surface area contributed by atoms with Gasteiger partial charge < -0.3 is 26.8 Å². The van der Waals surface area contributed by atoms with Gasteiger partial charge in [-0.1, -0.05) is 31.4 Å². The van der Waals surface area contributed by atoms with Crippen LogP contribution in [0.15, 0.2) is 58.7 Å². The third-order valence-electron chi connectivity index (χ3n) is 5.51. The van der Waals surface area contributed by atoms with Crippen LogP contribution >= 0.6 is 0 Å². The molecule has 2 aromatic rings. The molecule has 8 heteroatoms. The molecule has 8 nitrogen and oxygen atoms in total. The van der Waals surface area contributed by atoms with Gasteiger partial charge in [0.25, 0.3) is 5.56 Å². The van der Waals surface area contributed by atoms with Gasteiger partial charge in [0.2, 0.25) is 0 Å². The Morgan fingerprint density at radius 1 is 1.23 bits per heavy atom. The van der Waals surface area contributed by atoms with E-state index in [0.717, 1.165) is 24.1 Å². The molecule has 1 fully saturated rings. The molecule has 1 atom stereocenters. The van der Waals surface area contributed by atoms with E-state index < -0.39 is 0 Å². The summed E-state index contributed by atoms with van der Waals surface area (Å²) in [6.07, 6.45) is 10.5. The molecule has 0 bridgehead atoms. The van der Waals surface area contributed by atoms with Crippen LogP contribution in [0.3, 0.4) is 0 Å². The summed E-state index contributed by atoms with van der Waals surface area (Å²) in [6.45, 7) is 1.97. The molecule has 0 spiro atoms. The lowest BCUT2D eigenvalue weighted by Crippen LogP contribution is -2.29. The van der Waals surface area contributed by atoms with Gasteiger partial charge in [0.1, 0.15) is 11.4 Å². The smallest absolute Gasteiger partial charge is 0.261 e. The topological polar surface area (TPSA) is 139 Å². The van der Waals surface area contributed by atoms with E-state index in [4.69, 9.17) is 17.3 Å². The number of benzene rings is 1. The maximum atomic E-state index is 12.5. The van der Waals surface area contributed by atoms with Crippen molar-refractivity contribution in [3.8, 4) is 0 Å². The Kier molecular flexibility index (Phi) is 7.13. The Balaban J connectivity index is 1.82. The van der Waals surface area contributed by atoms with Crippen LogP contribution in [0.4, 0.5) is 11.4 Å². The minimum Gasteiger partial charge on any atom is -0.403 e. The minimum atomic E-state index is -0.255. The van der Waals surface area contributed by atoms with Gasteiger partial charge in [-0.15, -0.1) is 0 Å². The second kappa shape index (κ2) is 9.98. The first-order valence-corrected chi connectivity index (χ1v) is 10.3. The molecule has 0 amide bonds. The van der Waals surface area contributed by atoms with Crippen molar-refractivity contribution >= 4 is 17.2 Å². The van der Waals surface area contributed by atoms with Crippen molar-refractivity contribution in [2.24, 2.45) is 22.3 Å². The monoisotopic (exact) mass is 409 g/mol. The zero-order valence-corrected chi connectivity index (χ0v) is 17.3. The fraction of sp³-hybridized carbons (Fsp3) is 0.364. The zero-order valence-electron chi connectivity index (χ0n) is 17.3. The van der Waals surface area contributed by atoms with Crippen molar-refractivity contribution in [3.63, 3.8) is 0 Å². The van der Waals surface area contributed by atoms with E-state index in [1.807, 2.05) is 37.3 Å². The van der Waals surface area contributed by atoms with Crippen molar-refractivity contribution in [1.29, 1.82) is 0 Å². The first-order chi connectivity index (χ1) is 14.5. The van der Waals surface area contributed by atoms with Crippen molar-refractivity contribution in [3.05, 3.63) is 70.4 Å². The Labute approximate surface area is 176 Å². The summed E-state index contributed by atoms with van der Waals surface area (Å²) in [5.74, 6) is 6.12. The highest BCUT2D eigenvalue weighted by Crippen LogP contribution is 2.24. The van der Waals surface area contributed by atoms with E-state index in [1.165, 1.54) is 30.5 Å². The molecule has 1 heterocycles. The number of nitrogens with zero attached hydrogens (tertiary/aromatic N) is 2. The predicted octanol–water partition coefficient (Wildman–Crippen LogP) is 2.82. The number of hydrogen-bond acceptors (Lipinski definition) is 6. The van der Waals surface area contributed by atoms with Gasteiger partial charge in [-0.2, -0.15) is 0 Å². The SMILES string of the molecule is CC(c1ccc(N=C(N)c2c(NC3CCCCC3)cc[nH]c2=O)cc1)N(N)/C=C\N. The molecule has 1 unspecified atom stereocenters. The summed E-state index contributed by atoms with van der Waals surface area (Å²) in [4.78, 5) is 19.7. The highest BCUT2D eigenvalue weighted by molar-refractivity contribution is 6.03. The lowest BCUT2D eigenvalue weighted by molar-refractivity contribution is 0.308. The number of aromatic nitrogens is 1. The van der Waals surface area contributed by atoms with Crippen LogP contribution in [0, 0.1) is 0 Å². The molecule has 1 saturated carbocycles. The number of anilines is 1. The zero-order chi connectivity index (χ0) is 21.5. The van der Waals surface area contributed by atoms with Crippen molar-refractivity contribution in [2.75, 3.05) is 5.32 Å². The number of pyridine rings is 1. The molecule has 1 aliphatic rings. The molecule has 1 aromatic heterocycles. The molecule has 3 rings (SSSR count). The molecule has 8 N–H and O–H groups in total. The average molecular weight is 410 g/mol. The second-order valence-electron chi connectivity index (χ2n) is 7.63. The summed E-state index contributed by atoms with van der Waals surface area (Å²) in [5.41, 5.74) is 14.2. The summed E-state index contributed by atoms with van der Waals surface area (Å²) in [7, 11) is 0. The van der Waals surface area contributed by atoms with Crippen LogP contribution < -0.4 is 28.2 Å². The molecule has 0 aliphatic heterocycles. The number of aliphatic imine (C=N–C) groups is 1. The lowest BCUT2D eigenvalue weighted by Gasteiger charge is -2.24. The van der Waals surface area contributed by atoms with Gasteiger partial charge in [0.05, 0.1) is 17.4 Å². The van der Waals surface area contributed by atoms with E-state index in [2.05, 4.69) is 15.3 Å². The number of aromatic amines is 1. The number of amidine groups is 1. The number of rotatable bonds is 7. The third kappa shape index (κ3) is 5.21. The predicted molar refractivity (Wildman–Crippen MR) is 122 cm³/mol. The molecule has 30 heavy (non-hydrogen) atoms. The fourth-order valence-corrected chi connectivity index (χ4v) is 3.74. The Morgan fingerprint density at radius 2 is 1.93 bits per heavy atom. The van der Waals surface area contributed by atoms with Gasteiger partial charge in [-0.3, -0.25) is 4.79 Å². The molecular weight excluding hydrogens is 378 g/mol. The molecule has 1 aliphatic carbocycles. The van der Waals surface area contributed by atoms with E-state index in [-0.39, 0.29) is 17.4 Å². The Bertz CT molecular complexity index is 943. The lowest BCUT2D eigenvalue weighted by atomic mass is 9.95. The normalized spacial score (nSPS) is 16.5. The maximum absolute atomic E-state index is 12.5. The molecule has 1 aromatic carbocycles. The van der Waals surface area contributed by atoms with Crippen LogP contribution in [0.2, 0.25) is 0 Å². The van der Waals surface area contributed by atoms with Crippen molar-refractivity contribution in [1.82, 2.24) is 9.99 Å². The van der Waals surface area contributed by atoms with Crippen LogP contribution in [-0.4, -0.2) is 21.9 Å². The largest absolute Gasteiger partial charge is 0.403 e. The van der Waals surface area contributed by atoms with Gasteiger partial charge in [0, 0.05) is 24.6 Å². The molecule has 0 saturated heterocycles. The van der Waals surface area contributed by atoms with E-state index in [1.54, 1.807) is 12.4 Å². The summed E-state index contributed by atoms with van der Waals surface area (Å²) in [5, 5.41) is 5.02. The van der Waals surface area contributed by atoms with E-state index in [0.29, 0.717) is 17.3 Å². The Morgan fingerprint density at radius 3 is 2.60 bits per heavy atom. The van der Waals surface area contributed by atoms with Gasteiger partial charge in [0.15, 0.2) is 0 Å². The van der Waals surface area contributed by atoms with Crippen LogP contribution in [-0.2, 0) is 0 Å². The average Bonchev–Trinajstić information content (AvgIpc) is 2.74. The standard InChI is InChI=1S/C22H31N7O/c1-15(29(25)14-12-23)16-7-9-18(10-8-16)28-21(24)20-19(11-13-26-22(20)30)27-17-5-3-2-4-6-17/h7-15,17H,2-6,23,25H2,1H3,(H2,24,28)(H2,26,27,30)/b14-12-. The van der Waals surface area contributed by atoms with Gasteiger partial charge >= 0.3 is 0 Å². The van der Waals surface area contributed by atoms with Crippen LogP contribution in [0.1, 0.15) is 56.2 Å². The molecular formula is C22H31N7O. The van der Waals surface area contributed by atoms with Crippen LogP contribution in [0.25, 0.3) is 0 Å². The number of hydrogen-bond donors (Lipinski definition) is 5.